The molecule has 4 heterocycles. The molecule has 0 spiro atoms. The van der Waals surface area contributed by atoms with Crippen LogP contribution in [0.4, 0.5) is 20.4 Å². The van der Waals surface area contributed by atoms with Crippen LogP contribution in [0.1, 0.15) is 55.8 Å². The topological polar surface area (TPSA) is 94.2 Å². The molecule has 0 amide bonds. The van der Waals surface area contributed by atoms with Gasteiger partial charge in [0.2, 0.25) is 5.95 Å². The zero-order valence-corrected chi connectivity index (χ0v) is 21.4. The summed E-state index contributed by atoms with van der Waals surface area (Å²) >= 11 is 0. The number of anilines is 2. The highest BCUT2D eigenvalue weighted by Crippen LogP contribution is 2.29. The van der Waals surface area contributed by atoms with E-state index in [1.165, 1.54) is 35.3 Å². The fraction of sp³-hybridized carbons (Fsp3) is 0.357. The largest absolute Gasteiger partial charge is 0.381 e. The van der Waals surface area contributed by atoms with Crippen LogP contribution >= 0.6 is 0 Å². The van der Waals surface area contributed by atoms with Crippen molar-refractivity contribution >= 4 is 17.3 Å². The maximum atomic E-state index is 13.5. The average Bonchev–Trinajstić information content (AvgIpc) is 3.37. The monoisotopic (exact) mass is 516 g/mol. The van der Waals surface area contributed by atoms with Crippen LogP contribution in [0.5, 0.6) is 0 Å². The molecule has 0 aliphatic carbocycles. The number of benzene rings is 1. The van der Waals surface area contributed by atoms with Crippen LogP contribution in [0, 0.1) is 11.3 Å². The summed E-state index contributed by atoms with van der Waals surface area (Å²) < 4.78 is 28.5. The van der Waals surface area contributed by atoms with Crippen molar-refractivity contribution in [2.24, 2.45) is 0 Å². The molecule has 1 unspecified atom stereocenters. The highest BCUT2D eigenvalue weighted by molar-refractivity contribution is 5.68. The average molecular weight is 517 g/mol. The Balaban J connectivity index is 1.37. The maximum Gasteiger partial charge on any atom is 0.267 e. The van der Waals surface area contributed by atoms with E-state index in [2.05, 4.69) is 55.6 Å². The van der Waals surface area contributed by atoms with Crippen molar-refractivity contribution in [3.63, 3.8) is 0 Å². The highest BCUT2D eigenvalue weighted by atomic mass is 19.3. The predicted octanol–water partition coefficient (Wildman–Crippen LogP) is 5.67. The second-order valence-electron chi connectivity index (χ2n) is 9.54. The molecule has 3 aromatic heterocycles. The molecule has 10 heteroatoms. The van der Waals surface area contributed by atoms with Crippen molar-refractivity contribution in [3.05, 3.63) is 71.7 Å². The van der Waals surface area contributed by atoms with Crippen LogP contribution in [0.25, 0.3) is 17.0 Å². The Kier molecular flexibility index (Phi) is 7.47. The first-order valence-electron chi connectivity index (χ1n) is 12.8. The zero-order chi connectivity index (χ0) is 26.6. The molecule has 1 aliphatic rings. The van der Waals surface area contributed by atoms with Crippen LogP contribution in [0.15, 0.2) is 55.0 Å². The van der Waals surface area contributed by atoms with Crippen LogP contribution < -0.4 is 10.6 Å². The van der Waals surface area contributed by atoms with E-state index in [9.17, 15) is 14.0 Å². The number of hydrogen-bond donors (Lipinski definition) is 2. The van der Waals surface area contributed by atoms with Gasteiger partial charge >= 0.3 is 0 Å². The van der Waals surface area contributed by atoms with Crippen LogP contribution in [0.3, 0.4) is 0 Å². The van der Waals surface area contributed by atoms with Crippen molar-refractivity contribution in [1.29, 1.82) is 5.26 Å². The molecule has 8 nitrogen and oxygen atoms in total. The quantitative estimate of drug-likeness (QED) is 0.312. The normalized spacial score (nSPS) is 16.9. The van der Waals surface area contributed by atoms with E-state index < -0.39 is 6.43 Å². The Morgan fingerprint density at radius 3 is 2.84 bits per heavy atom. The molecule has 2 atom stereocenters. The second kappa shape index (κ2) is 11.1. The lowest BCUT2D eigenvalue weighted by molar-refractivity contribution is 0.152. The molecule has 1 aliphatic heterocycles. The summed E-state index contributed by atoms with van der Waals surface area (Å²) in [7, 11) is 0. The van der Waals surface area contributed by atoms with Gasteiger partial charge in [0.25, 0.3) is 6.43 Å². The number of aromatic nitrogens is 4. The first-order chi connectivity index (χ1) is 18.5. The van der Waals surface area contributed by atoms with Crippen molar-refractivity contribution in [3.8, 4) is 17.5 Å². The van der Waals surface area contributed by atoms with E-state index in [-0.39, 0.29) is 22.8 Å². The third-order valence-electron chi connectivity index (χ3n) is 7.01. The van der Waals surface area contributed by atoms with E-state index in [1.807, 2.05) is 19.1 Å². The van der Waals surface area contributed by atoms with Crippen molar-refractivity contribution in [2.75, 3.05) is 30.3 Å². The second-order valence-corrected chi connectivity index (χ2v) is 9.54. The minimum atomic E-state index is -2.66. The number of fused-ring (bicyclic) bond motifs is 1. The zero-order valence-electron chi connectivity index (χ0n) is 21.4. The molecule has 1 fully saturated rings. The van der Waals surface area contributed by atoms with Gasteiger partial charge in [-0.25, -0.2) is 23.7 Å². The Morgan fingerprint density at radius 1 is 1.18 bits per heavy atom. The molecule has 38 heavy (non-hydrogen) atoms. The standard InChI is InChI=1S/C28H30F2N8/c1-3-37-11-5-9-22(17-37)35-21-8-4-7-19(13-21)18(2)34-28-33-15-20(14-31)25(36-28)24-16-32-27-23(26(29)30)10-6-12-38(24)27/h4,6-8,10,12-13,15-16,18,22,26,35H,3,5,9,11,17H2,1-2H3,(H,33,34,36)/t18-,22?/m0/s1. The third kappa shape index (κ3) is 5.29. The third-order valence-corrected chi connectivity index (χ3v) is 7.01. The van der Waals surface area contributed by atoms with Gasteiger partial charge in [0.1, 0.15) is 17.4 Å². The fourth-order valence-corrected chi connectivity index (χ4v) is 4.98. The number of nitrogens with one attached hydrogen (secondary N) is 2. The Labute approximate surface area is 220 Å². The van der Waals surface area contributed by atoms with Gasteiger partial charge in [-0.15, -0.1) is 0 Å². The lowest BCUT2D eigenvalue weighted by atomic mass is 10.0. The first kappa shape index (κ1) is 25.5. The van der Waals surface area contributed by atoms with Gasteiger partial charge in [0.15, 0.2) is 0 Å². The van der Waals surface area contributed by atoms with Gasteiger partial charge in [-0.3, -0.25) is 4.40 Å². The molecule has 4 aromatic rings. The maximum absolute atomic E-state index is 13.5. The number of nitrogens with zero attached hydrogens (tertiary/aromatic N) is 6. The Hall–Kier alpha value is -4.10. The molecule has 0 bridgehead atoms. The van der Waals surface area contributed by atoms with E-state index in [0.717, 1.165) is 37.3 Å². The predicted molar refractivity (Wildman–Crippen MR) is 143 cm³/mol. The summed E-state index contributed by atoms with van der Waals surface area (Å²) in [5.74, 6) is 0.329. The summed E-state index contributed by atoms with van der Waals surface area (Å²) in [6.07, 6.45) is 4.20. The van der Waals surface area contributed by atoms with E-state index in [4.69, 9.17) is 0 Å². The summed E-state index contributed by atoms with van der Waals surface area (Å²) in [4.78, 5) is 15.6. The van der Waals surface area contributed by atoms with E-state index >= 15 is 0 Å². The van der Waals surface area contributed by atoms with Crippen molar-refractivity contribution in [2.45, 2.75) is 45.2 Å². The molecule has 196 valence electrons. The van der Waals surface area contributed by atoms with Crippen LogP contribution in [0.2, 0.25) is 0 Å². The summed E-state index contributed by atoms with van der Waals surface area (Å²) in [6, 6.07) is 13.5. The number of nitriles is 1. The summed E-state index contributed by atoms with van der Waals surface area (Å²) in [5, 5.41) is 16.7. The number of rotatable bonds is 8. The van der Waals surface area contributed by atoms with Crippen LogP contribution in [-0.4, -0.2) is 49.9 Å². The molecule has 5 rings (SSSR count). The number of piperidine rings is 1. The molecular weight excluding hydrogens is 486 g/mol. The fourth-order valence-electron chi connectivity index (χ4n) is 4.98. The number of imidazole rings is 1. The first-order valence-corrected chi connectivity index (χ1v) is 12.8. The van der Waals surface area contributed by atoms with Gasteiger partial charge in [0, 0.05) is 24.5 Å². The lowest BCUT2D eigenvalue weighted by Crippen LogP contribution is -2.41. The summed E-state index contributed by atoms with van der Waals surface area (Å²) in [5.41, 5.74) is 3.08. The van der Waals surface area contributed by atoms with Gasteiger partial charge in [-0.1, -0.05) is 19.1 Å². The number of pyridine rings is 1. The molecule has 1 aromatic carbocycles. The Bertz CT molecular complexity index is 1460. The van der Waals surface area contributed by atoms with Gasteiger partial charge in [-0.05, 0) is 62.7 Å². The SMILES string of the molecule is CCN1CCCC(Nc2cccc([C@H](C)Nc3ncc(C#N)c(-c4cnc5c(C(F)F)cccn45)n3)c2)C1. The van der Waals surface area contributed by atoms with E-state index in [1.54, 1.807) is 6.20 Å². The number of hydrogen-bond acceptors (Lipinski definition) is 7. The van der Waals surface area contributed by atoms with Gasteiger partial charge in [-0.2, -0.15) is 5.26 Å². The summed E-state index contributed by atoms with van der Waals surface area (Å²) in [6.45, 7) is 7.48. The minimum Gasteiger partial charge on any atom is -0.381 e. The molecular formula is C28H30F2N8. The molecule has 0 saturated carbocycles. The number of likely N-dealkylation sites (N-methyl/N-ethyl adjacent to an activating group) is 1. The highest BCUT2D eigenvalue weighted by Gasteiger charge is 2.20. The number of likely N-dealkylation sites (tertiary alicyclic amines) is 1. The Morgan fingerprint density at radius 2 is 2.05 bits per heavy atom. The molecule has 2 N–H and O–H groups in total. The van der Waals surface area contributed by atoms with Crippen LogP contribution in [-0.2, 0) is 0 Å². The number of alkyl halides is 2. The van der Waals surface area contributed by atoms with Gasteiger partial charge < -0.3 is 15.5 Å². The number of halogens is 2. The van der Waals surface area contributed by atoms with Crippen molar-refractivity contribution < 1.29 is 8.78 Å². The van der Waals surface area contributed by atoms with E-state index in [0.29, 0.717) is 23.4 Å². The minimum absolute atomic E-state index is 0.122. The van der Waals surface area contributed by atoms with Crippen molar-refractivity contribution in [1.82, 2.24) is 24.3 Å². The van der Waals surface area contributed by atoms with Gasteiger partial charge in [0.05, 0.1) is 35.3 Å². The molecule has 0 radical (unpaired) electrons. The smallest absolute Gasteiger partial charge is 0.267 e. The molecule has 1 saturated heterocycles. The lowest BCUT2D eigenvalue weighted by Gasteiger charge is -2.33.